The number of likely N-dealkylation sites (N-methyl/N-ethyl adjacent to an activating group) is 1. The Labute approximate surface area is 120 Å². The van der Waals surface area contributed by atoms with Crippen LogP contribution >= 0.6 is 0 Å². The highest BCUT2D eigenvalue weighted by Gasteiger charge is 2.10. The fraction of sp³-hybridized carbons (Fsp3) is 0.353. The largest absolute Gasteiger partial charge is 0.472 e. The Balaban J connectivity index is 1.93. The van der Waals surface area contributed by atoms with Crippen LogP contribution in [-0.4, -0.2) is 24.3 Å². The molecular formula is C17H21NO2. The van der Waals surface area contributed by atoms with Crippen LogP contribution in [-0.2, 0) is 6.54 Å². The molecule has 0 radical (unpaired) electrons. The lowest BCUT2D eigenvalue weighted by Gasteiger charge is -2.15. The van der Waals surface area contributed by atoms with Gasteiger partial charge in [0, 0.05) is 17.7 Å². The standard InChI is InChI=1S/C17H21NO2/c1-13(2)15-4-6-16(7-5-15)17(19)11-18(3)10-14-8-9-20-12-14/h4-9,12-13H,10-11H2,1-3H3. The van der Waals surface area contributed by atoms with Gasteiger partial charge in [-0.2, -0.15) is 0 Å². The molecule has 0 aliphatic carbocycles. The topological polar surface area (TPSA) is 33.5 Å². The molecule has 0 saturated heterocycles. The highest BCUT2D eigenvalue weighted by molar-refractivity contribution is 5.97. The van der Waals surface area contributed by atoms with Crippen molar-refractivity contribution in [1.82, 2.24) is 4.90 Å². The average Bonchev–Trinajstić information content (AvgIpc) is 2.91. The molecule has 0 amide bonds. The molecule has 20 heavy (non-hydrogen) atoms. The van der Waals surface area contributed by atoms with Gasteiger partial charge in [0.05, 0.1) is 19.1 Å². The molecule has 106 valence electrons. The minimum Gasteiger partial charge on any atom is -0.472 e. The van der Waals surface area contributed by atoms with Crippen molar-refractivity contribution in [3.05, 3.63) is 59.5 Å². The third-order valence-electron chi connectivity index (χ3n) is 3.35. The molecule has 0 unspecified atom stereocenters. The third kappa shape index (κ3) is 3.81. The number of Topliss-reactive ketones (excluding diaryl/α,β-unsaturated/α-hetero) is 1. The Bertz CT molecular complexity index is 541. The summed E-state index contributed by atoms with van der Waals surface area (Å²) in [5, 5.41) is 0. The molecule has 0 fully saturated rings. The summed E-state index contributed by atoms with van der Waals surface area (Å²) >= 11 is 0. The molecule has 3 heteroatoms. The van der Waals surface area contributed by atoms with E-state index in [0.717, 1.165) is 11.1 Å². The SMILES string of the molecule is CC(C)c1ccc(C(=O)CN(C)Cc2ccoc2)cc1. The second kappa shape index (κ2) is 6.53. The van der Waals surface area contributed by atoms with Gasteiger partial charge >= 0.3 is 0 Å². The van der Waals surface area contributed by atoms with E-state index in [1.165, 1.54) is 5.56 Å². The maximum absolute atomic E-state index is 12.2. The van der Waals surface area contributed by atoms with Crippen molar-refractivity contribution in [2.45, 2.75) is 26.3 Å². The minimum absolute atomic E-state index is 0.145. The number of hydrogen-bond acceptors (Lipinski definition) is 3. The van der Waals surface area contributed by atoms with E-state index >= 15 is 0 Å². The first-order valence-corrected chi connectivity index (χ1v) is 6.89. The first kappa shape index (κ1) is 14.5. The molecule has 0 saturated carbocycles. The van der Waals surface area contributed by atoms with E-state index in [4.69, 9.17) is 4.42 Å². The van der Waals surface area contributed by atoms with E-state index in [0.29, 0.717) is 19.0 Å². The van der Waals surface area contributed by atoms with Gasteiger partial charge in [-0.3, -0.25) is 9.69 Å². The summed E-state index contributed by atoms with van der Waals surface area (Å²) in [6.07, 6.45) is 3.36. The smallest absolute Gasteiger partial charge is 0.176 e. The van der Waals surface area contributed by atoms with Crippen molar-refractivity contribution >= 4 is 5.78 Å². The predicted molar refractivity (Wildman–Crippen MR) is 79.9 cm³/mol. The molecule has 0 spiro atoms. The molecule has 2 rings (SSSR count). The molecule has 1 heterocycles. The van der Waals surface area contributed by atoms with Gasteiger partial charge < -0.3 is 4.42 Å². The molecule has 0 aliphatic heterocycles. The van der Waals surface area contributed by atoms with Crippen LogP contribution in [0.2, 0.25) is 0 Å². The third-order valence-corrected chi connectivity index (χ3v) is 3.35. The number of furan rings is 1. The molecule has 0 atom stereocenters. The van der Waals surface area contributed by atoms with Crippen molar-refractivity contribution in [2.24, 2.45) is 0 Å². The molecule has 0 bridgehead atoms. The van der Waals surface area contributed by atoms with Crippen molar-refractivity contribution in [1.29, 1.82) is 0 Å². The summed E-state index contributed by atoms with van der Waals surface area (Å²) in [6.45, 7) is 5.42. The highest BCUT2D eigenvalue weighted by Crippen LogP contribution is 2.15. The quantitative estimate of drug-likeness (QED) is 0.751. The predicted octanol–water partition coefficient (Wildman–Crippen LogP) is 3.72. The summed E-state index contributed by atoms with van der Waals surface area (Å²) < 4.78 is 5.03. The van der Waals surface area contributed by atoms with E-state index < -0.39 is 0 Å². The zero-order chi connectivity index (χ0) is 14.5. The molecule has 1 aromatic heterocycles. The van der Waals surface area contributed by atoms with Crippen LogP contribution in [0.25, 0.3) is 0 Å². The van der Waals surface area contributed by atoms with E-state index in [-0.39, 0.29) is 5.78 Å². The van der Waals surface area contributed by atoms with Gasteiger partial charge in [-0.15, -0.1) is 0 Å². The van der Waals surface area contributed by atoms with Crippen LogP contribution in [0, 0.1) is 0 Å². The summed E-state index contributed by atoms with van der Waals surface area (Å²) in [5.74, 6) is 0.634. The lowest BCUT2D eigenvalue weighted by molar-refractivity contribution is 0.0943. The Morgan fingerprint density at radius 3 is 2.45 bits per heavy atom. The average molecular weight is 271 g/mol. The number of benzene rings is 1. The Morgan fingerprint density at radius 1 is 1.20 bits per heavy atom. The number of hydrogen-bond donors (Lipinski definition) is 0. The number of nitrogens with zero attached hydrogens (tertiary/aromatic N) is 1. The van der Waals surface area contributed by atoms with Gasteiger partial charge in [-0.05, 0) is 24.6 Å². The molecule has 3 nitrogen and oxygen atoms in total. The zero-order valence-electron chi connectivity index (χ0n) is 12.3. The van der Waals surface area contributed by atoms with Gasteiger partial charge in [0.15, 0.2) is 5.78 Å². The second-order valence-corrected chi connectivity index (χ2v) is 5.50. The van der Waals surface area contributed by atoms with Crippen molar-refractivity contribution in [3.63, 3.8) is 0 Å². The van der Waals surface area contributed by atoms with Crippen LogP contribution < -0.4 is 0 Å². The van der Waals surface area contributed by atoms with Crippen molar-refractivity contribution < 1.29 is 9.21 Å². The van der Waals surface area contributed by atoms with Gasteiger partial charge in [0.25, 0.3) is 0 Å². The van der Waals surface area contributed by atoms with Crippen LogP contribution in [0.4, 0.5) is 0 Å². The summed E-state index contributed by atoms with van der Waals surface area (Å²) in [7, 11) is 1.94. The Morgan fingerprint density at radius 2 is 1.90 bits per heavy atom. The summed E-state index contributed by atoms with van der Waals surface area (Å²) in [4.78, 5) is 14.2. The Hall–Kier alpha value is -1.87. The minimum atomic E-state index is 0.145. The Kier molecular flexibility index (Phi) is 4.74. The van der Waals surface area contributed by atoms with Crippen LogP contribution in [0.5, 0.6) is 0 Å². The maximum atomic E-state index is 12.2. The van der Waals surface area contributed by atoms with Crippen molar-refractivity contribution in [2.75, 3.05) is 13.6 Å². The summed E-state index contributed by atoms with van der Waals surface area (Å²) in [5.41, 5.74) is 3.11. The second-order valence-electron chi connectivity index (χ2n) is 5.50. The van der Waals surface area contributed by atoms with Gasteiger partial charge in [-0.25, -0.2) is 0 Å². The van der Waals surface area contributed by atoms with Crippen LogP contribution in [0.3, 0.4) is 0 Å². The fourth-order valence-electron chi connectivity index (χ4n) is 2.14. The normalized spacial score (nSPS) is 11.2. The number of rotatable bonds is 6. The van der Waals surface area contributed by atoms with E-state index in [2.05, 4.69) is 13.8 Å². The van der Waals surface area contributed by atoms with E-state index in [1.54, 1.807) is 12.5 Å². The molecule has 0 N–H and O–H groups in total. The number of ketones is 1. The van der Waals surface area contributed by atoms with E-state index in [1.807, 2.05) is 42.3 Å². The maximum Gasteiger partial charge on any atom is 0.176 e. The van der Waals surface area contributed by atoms with Crippen LogP contribution in [0.1, 0.15) is 41.3 Å². The van der Waals surface area contributed by atoms with Gasteiger partial charge in [0.2, 0.25) is 0 Å². The first-order chi connectivity index (χ1) is 9.56. The number of carbonyl (C=O) groups excluding carboxylic acids is 1. The summed E-state index contributed by atoms with van der Waals surface area (Å²) in [6, 6.07) is 9.83. The molecule has 0 aliphatic rings. The van der Waals surface area contributed by atoms with Gasteiger partial charge in [0.1, 0.15) is 0 Å². The lowest BCUT2D eigenvalue weighted by atomic mass is 10.0. The fourth-order valence-corrected chi connectivity index (χ4v) is 2.14. The monoisotopic (exact) mass is 271 g/mol. The van der Waals surface area contributed by atoms with Crippen LogP contribution in [0.15, 0.2) is 47.3 Å². The first-order valence-electron chi connectivity index (χ1n) is 6.89. The highest BCUT2D eigenvalue weighted by atomic mass is 16.3. The molecule has 1 aromatic carbocycles. The molecule has 2 aromatic rings. The lowest BCUT2D eigenvalue weighted by Crippen LogP contribution is -2.25. The van der Waals surface area contributed by atoms with Gasteiger partial charge in [-0.1, -0.05) is 38.1 Å². The van der Waals surface area contributed by atoms with Crippen molar-refractivity contribution in [3.8, 4) is 0 Å². The number of carbonyl (C=O) groups is 1. The zero-order valence-corrected chi connectivity index (χ0v) is 12.3. The van der Waals surface area contributed by atoms with E-state index in [9.17, 15) is 4.79 Å². The molecular weight excluding hydrogens is 250 g/mol.